The Labute approximate surface area is 61.6 Å². The Bertz CT molecular complexity index is 99.8. The van der Waals surface area contributed by atoms with E-state index >= 15 is 0 Å². The van der Waals surface area contributed by atoms with Gasteiger partial charge in [-0.25, -0.2) is 0 Å². The van der Waals surface area contributed by atoms with E-state index in [1.165, 1.54) is 0 Å². The third-order valence-corrected chi connectivity index (χ3v) is 1.78. The smallest absolute Gasteiger partial charge is 0.0824 e. The highest BCUT2D eigenvalue weighted by Gasteiger charge is 2.26. The van der Waals surface area contributed by atoms with E-state index in [0.29, 0.717) is 6.10 Å². The third kappa shape index (κ3) is 1.94. The first-order valence-corrected chi connectivity index (χ1v) is 3.65. The van der Waals surface area contributed by atoms with Crippen molar-refractivity contribution < 1.29 is 9.84 Å². The number of aliphatic hydroxyl groups is 1. The van der Waals surface area contributed by atoms with Crippen LogP contribution in [0, 0.1) is 0 Å². The summed E-state index contributed by atoms with van der Waals surface area (Å²) in [6.07, 6.45) is 0.191. The lowest BCUT2D eigenvalue weighted by atomic mass is 10.1. The quantitative estimate of drug-likeness (QED) is 0.591. The molecule has 1 saturated heterocycles. The molecule has 0 bridgehead atoms. The van der Waals surface area contributed by atoms with Gasteiger partial charge in [-0.1, -0.05) is 0 Å². The zero-order chi connectivity index (χ0) is 7.56. The molecular formula is C7H15NO2. The van der Waals surface area contributed by atoms with Gasteiger partial charge in [-0.15, -0.1) is 0 Å². The Morgan fingerprint density at radius 2 is 2.30 bits per heavy atom. The van der Waals surface area contributed by atoms with Crippen LogP contribution in [0.2, 0.25) is 0 Å². The van der Waals surface area contributed by atoms with Crippen LogP contribution in [-0.4, -0.2) is 49.0 Å². The summed E-state index contributed by atoms with van der Waals surface area (Å²) >= 11 is 0. The maximum Gasteiger partial charge on any atom is 0.0824 e. The van der Waals surface area contributed by atoms with Gasteiger partial charge in [0.15, 0.2) is 0 Å². The first-order chi connectivity index (χ1) is 4.72. The van der Waals surface area contributed by atoms with Gasteiger partial charge >= 0.3 is 0 Å². The number of ether oxygens (including phenoxy) is 1. The van der Waals surface area contributed by atoms with Crippen molar-refractivity contribution in [1.29, 1.82) is 0 Å². The van der Waals surface area contributed by atoms with Crippen molar-refractivity contribution in [3.63, 3.8) is 0 Å². The molecule has 0 amide bonds. The van der Waals surface area contributed by atoms with Crippen molar-refractivity contribution in [2.45, 2.75) is 19.1 Å². The molecule has 1 heterocycles. The predicted molar refractivity (Wildman–Crippen MR) is 38.9 cm³/mol. The molecule has 1 N–H and O–H groups in total. The maximum absolute atomic E-state index is 8.96. The molecule has 0 aromatic carbocycles. The fourth-order valence-corrected chi connectivity index (χ4v) is 1.19. The zero-order valence-corrected chi connectivity index (χ0v) is 6.58. The minimum absolute atomic E-state index is 0.210. The van der Waals surface area contributed by atoms with E-state index in [-0.39, 0.29) is 6.10 Å². The van der Waals surface area contributed by atoms with Gasteiger partial charge in [-0.2, -0.15) is 0 Å². The minimum atomic E-state index is -0.210. The van der Waals surface area contributed by atoms with Crippen LogP contribution < -0.4 is 0 Å². The van der Waals surface area contributed by atoms with E-state index in [0.717, 1.165) is 19.6 Å². The Hall–Kier alpha value is -0.120. The van der Waals surface area contributed by atoms with Gasteiger partial charge in [-0.05, 0) is 6.92 Å². The average Bonchev–Trinajstić information content (AvgIpc) is 1.76. The van der Waals surface area contributed by atoms with Crippen LogP contribution in [0.3, 0.4) is 0 Å². The van der Waals surface area contributed by atoms with E-state index < -0.39 is 0 Å². The van der Waals surface area contributed by atoms with E-state index in [4.69, 9.17) is 9.84 Å². The van der Waals surface area contributed by atoms with Crippen molar-refractivity contribution >= 4 is 0 Å². The maximum atomic E-state index is 8.96. The fourth-order valence-electron chi connectivity index (χ4n) is 1.19. The Morgan fingerprint density at radius 3 is 2.70 bits per heavy atom. The number of likely N-dealkylation sites (tertiary alicyclic amines) is 1. The number of aliphatic hydroxyl groups excluding tert-OH is 1. The summed E-state index contributed by atoms with van der Waals surface area (Å²) in [6.45, 7) is 4.53. The molecule has 1 fully saturated rings. The molecule has 0 radical (unpaired) electrons. The summed E-state index contributed by atoms with van der Waals surface area (Å²) in [4.78, 5) is 2.18. The molecular weight excluding hydrogens is 130 g/mol. The second-order valence-corrected chi connectivity index (χ2v) is 2.93. The van der Waals surface area contributed by atoms with Crippen molar-refractivity contribution in [2.24, 2.45) is 0 Å². The molecule has 1 rings (SSSR count). The monoisotopic (exact) mass is 145 g/mol. The summed E-state index contributed by atoms with van der Waals surface area (Å²) in [5, 5.41) is 8.96. The molecule has 0 spiro atoms. The van der Waals surface area contributed by atoms with Crippen molar-refractivity contribution in [2.75, 3.05) is 26.7 Å². The lowest BCUT2D eigenvalue weighted by Crippen LogP contribution is -2.53. The summed E-state index contributed by atoms with van der Waals surface area (Å²) in [5.74, 6) is 0. The lowest BCUT2D eigenvalue weighted by molar-refractivity contribution is -0.0438. The molecule has 0 aromatic heterocycles. The Morgan fingerprint density at radius 1 is 1.70 bits per heavy atom. The predicted octanol–water partition coefficient (Wildman–Crippen LogP) is -0.302. The summed E-state index contributed by atoms with van der Waals surface area (Å²) < 4.78 is 5.07. The van der Waals surface area contributed by atoms with Gasteiger partial charge in [0.1, 0.15) is 0 Å². The second kappa shape index (κ2) is 3.32. The van der Waals surface area contributed by atoms with Gasteiger partial charge in [0.2, 0.25) is 0 Å². The van der Waals surface area contributed by atoms with Crippen LogP contribution in [0.5, 0.6) is 0 Å². The van der Waals surface area contributed by atoms with Crippen LogP contribution in [0.4, 0.5) is 0 Å². The number of β-amino-alcohol motifs (C(OH)–C–C–N with tert-alkyl or cyclic N) is 1. The molecule has 1 aliphatic rings. The first kappa shape index (κ1) is 7.98. The zero-order valence-electron chi connectivity index (χ0n) is 6.58. The van der Waals surface area contributed by atoms with Crippen LogP contribution >= 0.6 is 0 Å². The molecule has 10 heavy (non-hydrogen) atoms. The number of methoxy groups -OCH3 is 1. The third-order valence-electron chi connectivity index (χ3n) is 1.78. The molecule has 1 aliphatic heterocycles. The summed E-state index contributed by atoms with van der Waals surface area (Å²) in [7, 11) is 1.73. The van der Waals surface area contributed by atoms with Crippen LogP contribution in [-0.2, 0) is 4.74 Å². The molecule has 0 aromatic rings. The summed E-state index contributed by atoms with van der Waals surface area (Å²) in [5.41, 5.74) is 0. The standard InChI is InChI=1S/C7H15NO2/c1-6(9)3-8-4-7(5-8)10-2/h6-7,9H,3-5H2,1-2H3. The Kier molecular flexibility index (Phi) is 2.65. The molecule has 0 saturated carbocycles. The number of nitrogens with zero attached hydrogens (tertiary/aromatic N) is 1. The van der Waals surface area contributed by atoms with E-state index in [2.05, 4.69) is 4.90 Å². The van der Waals surface area contributed by atoms with Crippen molar-refractivity contribution in [3.05, 3.63) is 0 Å². The van der Waals surface area contributed by atoms with E-state index in [9.17, 15) is 0 Å². The number of hydrogen-bond acceptors (Lipinski definition) is 3. The normalized spacial score (nSPS) is 24.3. The highest BCUT2D eigenvalue weighted by atomic mass is 16.5. The lowest BCUT2D eigenvalue weighted by Gasteiger charge is -2.38. The largest absolute Gasteiger partial charge is 0.392 e. The van der Waals surface area contributed by atoms with Crippen LogP contribution in [0.25, 0.3) is 0 Å². The van der Waals surface area contributed by atoms with Gasteiger partial charge in [0.05, 0.1) is 12.2 Å². The number of hydrogen-bond donors (Lipinski definition) is 1. The fraction of sp³-hybridized carbons (Fsp3) is 1.00. The number of rotatable bonds is 3. The van der Waals surface area contributed by atoms with Crippen molar-refractivity contribution in [3.8, 4) is 0 Å². The van der Waals surface area contributed by atoms with Crippen LogP contribution in [0.1, 0.15) is 6.92 Å². The SMILES string of the molecule is COC1CN(CC(C)O)C1. The molecule has 3 nitrogen and oxygen atoms in total. The van der Waals surface area contributed by atoms with Gasteiger partial charge < -0.3 is 9.84 Å². The summed E-state index contributed by atoms with van der Waals surface area (Å²) in [6, 6.07) is 0. The first-order valence-electron chi connectivity index (χ1n) is 3.65. The van der Waals surface area contributed by atoms with E-state index in [1.54, 1.807) is 14.0 Å². The average molecular weight is 145 g/mol. The van der Waals surface area contributed by atoms with Crippen LogP contribution in [0.15, 0.2) is 0 Å². The highest BCUT2D eigenvalue weighted by molar-refractivity contribution is 4.80. The molecule has 1 atom stereocenters. The van der Waals surface area contributed by atoms with Crippen molar-refractivity contribution in [1.82, 2.24) is 4.90 Å². The second-order valence-electron chi connectivity index (χ2n) is 2.93. The highest BCUT2D eigenvalue weighted by Crippen LogP contribution is 2.10. The Balaban J connectivity index is 2.03. The van der Waals surface area contributed by atoms with E-state index in [1.807, 2.05) is 0 Å². The molecule has 0 aliphatic carbocycles. The molecule has 3 heteroatoms. The minimum Gasteiger partial charge on any atom is -0.392 e. The van der Waals surface area contributed by atoms with Gasteiger partial charge in [0.25, 0.3) is 0 Å². The van der Waals surface area contributed by atoms with Gasteiger partial charge in [-0.3, -0.25) is 4.90 Å². The van der Waals surface area contributed by atoms with Gasteiger partial charge in [0, 0.05) is 26.7 Å². The molecule has 60 valence electrons. The topological polar surface area (TPSA) is 32.7 Å². The molecule has 1 unspecified atom stereocenters.